The van der Waals surface area contributed by atoms with Crippen LogP contribution in [0.15, 0.2) is 72.8 Å². The van der Waals surface area contributed by atoms with Crippen molar-refractivity contribution in [3.8, 4) is 0 Å². The molecule has 0 saturated heterocycles. The zero-order valence-electron chi connectivity index (χ0n) is 10.5. The number of carbonyl (C=O) groups is 1. The zero-order valence-corrected chi connectivity index (χ0v) is 10.5. The van der Waals surface area contributed by atoms with Crippen LogP contribution in [0.1, 0.15) is 17.0 Å². The van der Waals surface area contributed by atoms with E-state index in [4.69, 9.17) is 0 Å². The van der Waals surface area contributed by atoms with Crippen LogP contribution in [-0.4, -0.2) is 11.9 Å². The molecule has 2 heteroatoms. The fraction of sp³-hybridized carbons (Fsp3) is 0.118. The number of benzene rings is 2. The summed E-state index contributed by atoms with van der Waals surface area (Å²) in [5, 5.41) is 3.00. The molecule has 0 bridgehead atoms. The quantitative estimate of drug-likeness (QED) is 0.890. The van der Waals surface area contributed by atoms with E-state index < -0.39 is 0 Å². The van der Waals surface area contributed by atoms with E-state index in [2.05, 4.69) is 29.6 Å². The van der Waals surface area contributed by atoms with Crippen molar-refractivity contribution in [2.24, 2.45) is 0 Å². The van der Waals surface area contributed by atoms with Crippen molar-refractivity contribution in [1.82, 2.24) is 5.32 Å². The second-order valence-electron chi connectivity index (χ2n) is 4.69. The highest BCUT2D eigenvalue weighted by Crippen LogP contribution is 2.29. The topological polar surface area (TPSA) is 29.1 Å². The molecule has 94 valence electrons. The Labute approximate surface area is 112 Å². The molecule has 0 spiro atoms. The molecule has 1 aliphatic rings. The molecule has 0 saturated carbocycles. The molecule has 0 radical (unpaired) electrons. The molecule has 1 heterocycles. The van der Waals surface area contributed by atoms with Gasteiger partial charge in [0.1, 0.15) is 0 Å². The molecule has 19 heavy (non-hydrogen) atoms. The van der Waals surface area contributed by atoms with Crippen LogP contribution >= 0.6 is 0 Å². The number of nitrogens with one attached hydrogen (secondary N) is 1. The lowest BCUT2D eigenvalue weighted by molar-refractivity contribution is -0.116. The van der Waals surface area contributed by atoms with E-state index in [1.807, 2.05) is 42.5 Å². The lowest BCUT2D eigenvalue weighted by Gasteiger charge is -2.23. The highest BCUT2D eigenvalue weighted by Gasteiger charge is 2.26. The Balaban J connectivity index is 2.02. The largest absolute Gasteiger partial charge is 0.345 e. The molecule has 2 nitrogen and oxygen atoms in total. The minimum atomic E-state index is -0.0122. The van der Waals surface area contributed by atoms with Gasteiger partial charge in [-0.2, -0.15) is 0 Å². The molecule has 0 aliphatic carbocycles. The predicted molar refractivity (Wildman–Crippen MR) is 75.8 cm³/mol. The van der Waals surface area contributed by atoms with Crippen molar-refractivity contribution < 1.29 is 4.79 Å². The van der Waals surface area contributed by atoms with E-state index in [0.29, 0.717) is 0 Å². The summed E-state index contributed by atoms with van der Waals surface area (Å²) in [6, 6.07) is 20.6. The predicted octanol–water partition coefficient (Wildman–Crippen LogP) is 2.87. The first kappa shape index (κ1) is 11.7. The van der Waals surface area contributed by atoms with Crippen LogP contribution in [0.5, 0.6) is 0 Å². The molecular formula is C17H15NO. The van der Waals surface area contributed by atoms with Crippen molar-refractivity contribution in [2.45, 2.75) is 12.0 Å². The lowest BCUT2D eigenvalue weighted by atomic mass is 9.85. The van der Waals surface area contributed by atoms with Crippen LogP contribution < -0.4 is 5.32 Å². The van der Waals surface area contributed by atoms with Crippen LogP contribution in [0.3, 0.4) is 0 Å². The first-order valence-electron chi connectivity index (χ1n) is 6.43. The Morgan fingerprint density at radius 1 is 0.842 bits per heavy atom. The van der Waals surface area contributed by atoms with Crippen molar-refractivity contribution in [1.29, 1.82) is 0 Å². The van der Waals surface area contributed by atoms with Gasteiger partial charge in [-0.3, -0.25) is 4.79 Å². The van der Waals surface area contributed by atoms with Gasteiger partial charge in [0.25, 0.3) is 0 Å². The maximum absolute atomic E-state index is 11.4. The third-order valence-corrected chi connectivity index (χ3v) is 3.44. The van der Waals surface area contributed by atoms with Crippen molar-refractivity contribution >= 4 is 5.91 Å². The van der Waals surface area contributed by atoms with Crippen LogP contribution in [-0.2, 0) is 4.79 Å². The molecular weight excluding hydrogens is 234 g/mol. The number of carbonyl (C=O) groups excluding carboxylic acids is 1. The Hall–Kier alpha value is -2.35. The number of rotatable bonds is 3. The maximum Gasteiger partial charge on any atom is 0.244 e. The number of amides is 1. The van der Waals surface area contributed by atoms with Gasteiger partial charge in [0.2, 0.25) is 5.91 Å². The van der Waals surface area contributed by atoms with Gasteiger partial charge in [-0.15, -0.1) is 0 Å². The Morgan fingerprint density at radius 2 is 1.37 bits per heavy atom. The molecule has 0 fully saturated rings. The average Bonchev–Trinajstić information content (AvgIpc) is 2.88. The van der Waals surface area contributed by atoms with Gasteiger partial charge < -0.3 is 5.32 Å². The summed E-state index contributed by atoms with van der Waals surface area (Å²) >= 11 is 0. The Kier molecular flexibility index (Phi) is 3.15. The van der Waals surface area contributed by atoms with Crippen LogP contribution in [0.4, 0.5) is 0 Å². The third kappa shape index (κ3) is 2.43. The van der Waals surface area contributed by atoms with Gasteiger partial charge in [-0.1, -0.05) is 66.7 Å². The van der Waals surface area contributed by atoms with E-state index in [1.54, 1.807) is 6.08 Å². The minimum Gasteiger partial charge on any atom is -0.345 e. The average molecular weight is 249 g/mol. The first-order valence-corrected chi connectivity index (χ1v) is 6.43. The van der Waals surface area contributed by atoms with Crippen molar-refractivity contribution in [2.75, 3.05) is 0 Å². The summed E-state index contributed by atoms with van der Waals surface area (Å²) in [5.41, 5.74) is 2.43. The zero-order chi connectivity index (χ0) is 13.1. The summed E-state index contributed by atoms with van der Waals surface area (Å²) in [6.07, 6.45) is 3.57. The smallest absolute Gasteiger partial charge is 0.244 e. The molecule has 0 aromatic heterocycles. The summed E-state index contributed by atoms with van der Waals surface area (Å²) in [6.45, 7) is 0. The molecule has 3 rings (SSSR count). The van der Waals surface area contributed by atoms with Gasteiger partial charge in [-0.05, 0) is 11.1 Å². The molecule has 1 amide bonds. The van der Waals surface area contributed by atoms with E-state index in [0.717, 1.165) is 0 Å². The summed E-state index contributed by atoms with van der Waals surface area (Å²) in [5.74, 6) is 0.145. The minimum absolute atomic E-state index is 0.0122. The van der Waals surface area contributed by atoms with Crippen LogP contribution in [0.2, 0.25) is 0 Å². The van der Waals surface area contributed by atoms with E-state index in [9.17, 15) is 4.79 Å². The lowest BCUT2D eigenvalue weighted by Crippen LogP contribution is -2.32. The first-order chi connectivity index (χ1) is 9.34. The molecule has 1 unspecified atom stereocenters. The Morgan fingerprint density at radius 3 is 1.79 bits per heavy atom. The van der Waals surface area contributed by atoms with Gasteiger partial charge >= 0.3 is 0 Å². The molecule has 2 aromatic carbocycles. The highest BCUT2D eigenvalue weighted by molar-refractivity contribution is 5.90. The van der Waals surface area contributed by atoms with E-state index >= 15 is 0 Å². The van der Waals surface area contributed by atoms with Gasteiger partial charge in [0.05, 0.1) is 6.04 Å². The molecule has 1 atom stereocenters. The van der Waals surface area contributed by atoms with Crippen molar-refractivity contribution in [3.05, 3.63) is 83.9 Å². The summed E-state index contributed by atoms with van der Waals surface area (Å²) < 4.78 is 0. The van der Waals surface area contributed by atoms with Gasteiger partial charge in [-0.25, -0.2) is 0 Å². The standard InChI is InChI=1S/C17H15NO/c19-16-12-11-15(18-16)17(13-7-3-1-4-8-13)14-9-5-2-6-10-14/h1-12,15,17H,(H,18,19). The van der Waals surface area contributed by atoms with Crippen LogP contribution in [0, 0.1) is 0 Å². The summed E-state index contributed by atoms with van der Waals surface area (Å²) in [4.78, 5) is 11.4. The fourth-order valence-corrected chi connectivity index (χ4v) is 2.57. The normalized spacial score (nSPS) is 17.7. The fourth-order valence-electron chi connectivity index (χ4n) is 2.57. The van der Waals surface area contributed by atoms with Crippen LogP contribution in [0.25, 0.3) is 0 Å². The van der Waals surface area contributed by atoms with Gasteiger partial charge in [0, 0.05) is 12.0 Å². The molecule has 1 N–H and O–H groups in total. The Bertz CT molecular complexity index is 550. The second-order valence-corrected chi connectivity index (χ2v) is 4.69. The second kappa shape index (κ2) is 5.11. The third-order valence-electron chi connectivity index (χ3n) is 3.44. The number of hydrogen-bond acceptors (Lipinski definition) is 1. The van der Waals surface area contributed by atoms with Gasteiger partial charge in [0.15, 0.2) is 0 Å². The van der Waals surface area contributed by atoms with E-state index in [-0.39, 0.29) is 17.9 Å². The number of hydrogen-bond donors (Lipinski definition) is 1. The monoisotopic (exact) mass is 249 g/mol. The molecule has 1 aliphatic heterocycles. The van der Waals surface area contributed by atoms with Crippen molar-refractivity contribution in [3.63, 3.8) is 0 Å². The van der Waals surface area contributed by atoms with E-state index in [1.165, 1.54) is 11.1 Å². The highest BCUT2D eigenvalue weighted by atomic mass is 16.1. The maximum atomic E-state index is 11.4. The molecule has 2 aromatic rings. The summed E-state index contributed by atoms with van der Waals surface area (Å²) in [7, 11) is 0. The SMILES string of the molecule is O=C1C=CC(C(c2ccccc2)c2ccccc2)N1.